The van der Waals surface area contributed by atoms with Gasteiger partial charge in [0.25, 0.3) is 0 Å². The highest BCUT2D eigenvalue weighted by Crippen LogP contribution is 2.32. The zero-order valence-electron chi connectivity index (χ0n) is 12.5. The number of aliphatic carboxylic acids is 1. The summed E-state index contributed by atoms with van der Waals surface area (Å²) in [6.45, 7) is 5.60. The smallest absolute Gasteiger partial charge is 0.326 e. The fourth-order valence-corrected chi connectivity index (χ4v) is 3.43. The van der Waals surface area contributed by atoms with Gasteiger partial charge in [-0.15, -0.1) is 0 Å². The van der Waals surface area contributed by atoms with Gasteiger partial charge in [-0.05, 0) is 37.6 Å². The molecule has 5 nitrogen and oxygen atoms in total. The molecule has 2 fully saturated rings. The maximum Gasteiger partial charge on any atom is 0.326 e. The first-order valence-corrected chi connectivity index (χ1v) is 7.70. The van der Waals surface area contributed by atoms with Crippen LogP contribution < -0.4 is 5.32 Å². The second-order valence-corrected chi connectivity index (χ2v) is 6.71. The van der Waals surface area contributed by atoms with Gasteiger partial charge < -0.3 is 15.3 Å². The van der Waals surface area contributed by atoms with Crippen molar-refractivity contribution >= 4 is 11.9 Å². The van der Waals surface area contributed by atoms with Crippen LogP contribution in [0.2, 0.25) is 0 Å². The SMILES string of the molecule is CC1(C)CCCNC1C(=O)N1CCCCCC1C(=O)O. The van der Waals surface area contributed by atoms with Crippen LogP contribution in [0.1, 0.15) is 52.4 Å². The van der Waals surface area contributed by atoms with E-state index in [1.807, 2.05) is 0 Å². The first kappa shape index (κ1) is 15.3. The molecule has 1 amide bonds. The Morgan fingerprint density at radius 2 is 1.95 bits per heavy atom. The average Bonchev–Trinajstić information content (AvgIpc) is 2.63. The van der Waals surface area contributed by atoms with E-state index in [2.05, 4.69) is 19.2 Å². The second kappa shape index (κ2) is 6.12. The average molecular weight is 282 g/mol. The molecular weight excluding hydrogens is 256 g/mol. The molecule has 0 spiro atoms. The highest BCUT2D eigenvalue weighted by molar-refractivity contribution is 5.87. The van der Waals surface area contributed by atoms with Gasteiger partial charge in [0.05, 0.1) is 6.04 Å². The van der Waals surface area contributed by atoms with Crippen molar-refractivity contribution in [1.82, 2.24) is 10.2 Å². The van der Waals surface area contributed by atoms with Crippen LogP contribution in [0.5, 0.6) is 0 Å². The Hall–Kier alpha value is -1.10. The summed E-state index contributed by atoms with van der Waals surface area (Å²) in [6, 6.07) is -0.902. The monoisotopic (exact) mass is 282 g/mol. The van der Waals surface area contributed by atoms with Crippen molar-refractivity contribution in [3.05, 3.63) is 0 Å². The molecule has 0 aliphatic carbocycles. The van der Waals surface area contributed by atoms with Gasteiger partial charge in [0.1, 0.15) is 6.04 Å². The number of piperidine rings is 1. The van der Waals surface area contributed by atoms with Gasteiger partial charge in [0.2, 0.25) is 5.91 Å². The minimum atomic E-state index is -0.867. The summed E-state index contributed by atoms with van der Waals surface area (Å²) >= 11 is 0. The summed E-state index contributed by atoms with van der Waals surface area (Å²) in [5, 5.41) is 12.7. The Bertz CT molecular complexity index is 381. The third-order valence-corrected chi connectivity index (χ3v) is 4.70. The molecule has 2 atom stereocenters. The summed E-state index contributed by atoms with van der Waals surface area (Å²) in [5.74, 6) is -0.891. The molecule has 2 aliphatic rings. The van der Waals surface area contributed by atoms with Gasteiger partial charge in [-0.25, -0.2) is 4.79 Å². The van der Waals surface area contributed by atoms with Crippen molar-refractivity contribution < 1.29 is 14.7 Å². The van der Waals surface area contributed by atoms with E-state index in [1.54, 1.807) is 4.90 Å². The molecule has 5 heteroatoms. The van der Waals surface area contributed by atoms with E-state index in [0.717, 1.165) is 38.6 Å². The molecule has 0 bridgehead atoms. The third kappa shape index (κ3) is 3.14. The molecule has 2 rings (SSSR count). The Labute approximate surface area is 120 Å². The number of hydrogen-bond acceptors (Lipinski definition) is 3. The first-order valence-electron chi connectivity index (χ1n) is 7.70. The summed E-state index contributed by atoms with van der Waals surface area (Å²) < 4.78 is 0. The molecule has 0 saturated carbocycles. The van der Waals surface area contributed by atoms with Gasteiger partial charge in [-0.1, -0.05) is 26.7 Å². The molecule has 0 aromatic rings. The molecule has 2 unspecified atom stereocenters. The lowest BCUT2D eigenvalue weighted by Crippen LogP contribution is -2.59. The Morgan fingerprint density at radius 1 is 1.20 bits per heavy atom. The Balaban J connectivity index is 2.17. The molecule has 0 aromatic heterocycles. The highest BCUT2D eigenvalue weighted by Gasteiger charge is 2.42. The van der Waals surface area contributed by atoms with Crippen LogP contribution in [-0.2, 0) is 9.59 Å². The molecule has 114 valence electrons. The van der Waals surface area contributed by atoms with Crippen LogP contribution in [0, 0.1) is 5.41 Å². The lowest BCUT2D eigenvalue weighted by Gasteiger charge is -2.41. The summed E-state index contributed by atoms with van der Waals surface area (Å²) in [5.41, 5.74) is -0.106. The van der Waals surface area contributed by atoms with Gasteiger partial charge >= 0.3 is 5.97 Å². The molecule has 20 heavy (non-hydrogen) atoms. The van der Waals surface area contributed by atoms with Crippen LogP contribution in [-0.4, -0.2) is 47.1 Å². The van der Waals surface area contributed by atoms with Crippen molar-refractivity contribution in [2.45, 2.75) is 64.5 Å². The number of carbonyl (C=O) groups is 2. The fourth-order valence-electron chi connectivity index (χ4n) is 3.43. The third-order valence-electron chi connectivity index (χ3n) is 4.70. The number of likely N-dealkylation sites (tertiary alicyclic amines) is 1. The van der Waals surface area contributed by atoms with E-state index in [4.69, 9.17) is 0 Å². The van der Waals surface area contributed by atoms with Gasteiger partial charge in [0.15, 0.2) is 0 Å². The zero-order valence-corrected chi connectivity index (χ0v) is 12.5. The van der Waals surface area contributed by atoms with Crippen LogP contribution in [0.3, 0.4) is 0 Å². The van der Waals surface area contributed by atoms with Gasteiger partial charge in [0, 0.05) is 6.54 Å². The maximum absolute atomic E-state index is 12.8. The highest BCUT2D eigenvalue weighted by atomic mass is 16.4. The minimum Gasteiger partial charge on any atom is -0.480 e. The van der Waals surface area contributed by atoms with Crippen molar-refractivity contribution in [2.75, 3.05) is 13.1 Å². The number of nitrogens with one attached hydrogen (secondary N) is 1. The number of carboxylic acid groups (broad SMARTS) is 1. The van der Waals surface area contributed by atoms with E-state index in [0.29, 0.717) is 13.0 Å². The minimum absolute atomic E-state index is 0.0241. The molecule has 2 aliphatic heterocycles. The largest absolute Gasteiger partial charge is 0.480 e. The molecule has 2 N–H and O–H groups in total. The number of nitrogens with zero attached hydrogens (tertiary/aromatic N) is 1. The van der Waals surface area contributed by atoms with E-state index in [9.17, 15) is 14.7 Å². The standard InChI is InChI=1S/C15H26N2O3/c1-15(2)8-6-9-16-12(15)13(18)17-10-5-3-4-7-11(17)14(19)20/h11-12,16H,3-10H2,1-2H3,(H,19,20). The number of hydrogen-bond donors (Lipinski definition) is 2. The Kier molecular flexibility index (Phi) is 4.68. The number of carbonyl (C=O) groups excluding carboxylic acids is 1. The molecule has 0 radical (unpaired) electrons. The maximum atomic E-state index is 12.8. The van der Waals surface area contributed by atoms with E-state index >= 15 is 0 Å². The summed E-state index contributed by atoms with van der Waals surface area (Å²) in [4.78, 5) is 25.9. The molecular formula is C15H26N2O3. The normalized spacial score (nSPS) is 30.6. The number of carboxylic acids is 1. The Morgan fingerprint density at radius 3 is 2.60 bits per heavy atom. The van der Waals surface area contributed by atoms with Gasteiger partial charge in [-0.3, -0.25) is 4.79 Å². The predicted molar refractivity (Wildman–Crippen MR) is 76.4 cm³/mol. The second-order valence-electron chi connectivity index (χ2n) is 6.71. The topological polar surface area (TPSA) is 69.6 Å². The van der Waals surface area contributed by atoms with Crippen molar-refractivity contribution in [1.29, 1.82) is 0 Å². The predicted octanol–water partition coefficient (Wildman–Crippen LogP) is 1.62. The molecule has 2 saturated heterocycles. The molecule has 0 aromatic carbocycles. The van der Waals surface area contributed by atoms with Crippen molar-refractivity contribution in [3.8, 4) is 0 Å². The summed E-state index contributed by atoms with van der Waals surface area (Å²) in [7, 11) is 0. The van der Waals surface area contributed by atoms with E-state index < -0.39 is 12.0 Å². The zero-order chi connectivity index (χ0) is 14.8. The van der Waals surface area contributed by atoms with Crippen molar-refractivity contribution in [2.24, 2.45) is 5.41 Å². The van der Waals surface area contributed by atoms with Crippen molar-refractivity contribution in [3.63, 3.8) is 0 Å². The van der Waals surface area contributed by atoms with Gasteiger partial charge in [-0.2, -0.15) is 0 Å². The number of amides is 1. The van der Waals surface area contributed by atoms with Crippen LogP contribution in [0.25, 0.3) is 0 Å². The summed E-state index contributed by atoms with van der Waals surface area (Å²) in [6.07, 6.45) is 5.45. The van der Waals surface area contributed by atoms with Crippen LogP contribution in [0.15, 0.2) is 0 Å². The molecule has 2 heterocycles. The van der Waals surface area contributed by atoms with Crippen LogP contribution in [0.4, 0.5) is 0 Å². The quantitative estimate of drug-likeness (QED) is 0.807. The first-order chi connectivity index (χ1) is 9.43. The lowest BCUT2D eigenvalue weighted by molar-refractivity contribution is -0.152. The lowest BCUT2D eigenvalue weighted by atomic mass is 9.77. The number of rotatable bonds is 2. The van der Waals surface area contributed by atoms with Crippen LogP contribution >= 0.6 is 0 Å². The fraction of sp³-hybridized carbons (Fsp3) is 0.867. The van der Waals surface area contributed by atoms with E-state index in [-0.39, 0.29) is 17.4 Å². The van der Waals surface area contributed by atoms with E-state index in [1.165, 1.54) is 0 Å².